The van der Waals surface area contributed by atoms with Crippen LogP contribution in [-0.2, 0) is 6.42 Å². The average molecular weight is 369 g/mol. The van der Waals surface area contributed by atoms with E-state index in [2.05, 4.69) is 4.90 Å². The summed E-state index contributed by atoms with van der Waals surface area (Å²) < 4.78 is 22.3. The summed E-state index contributed by atoms with van der Waals surface area (Å²) in [4.78, 5) is 14.8. The van der Waals surface area contributed by atoms with Gasteiger partial charge in [-0.1, -0.05) is 6.07 Å². The van der Waals surface area contributed by atoms with Gasteiger partial charge in [0.25, 0.3) is 0 Å². The highest BCUT2D eigenvalue weighted by Gasteiger charge is 2.31. The lowest BCUT2D eigenvalue weighted by atomic mass is 9.95. The zero-order valence-electron chi connectivity index (χ0n) is 16.0. The highest BCUT2D eigenvalue weighted by atomic mass is 16.7. The Morgan fingerprint density at radius 2 is 1.93 bits per heavy atom. The summed E-state index contributed by atoms with van der Waals surface area (Å²) in [5.41, 5.74) is 3.87. The van der Waals surface area contributed by atoms with Crippen LogP contribution in [-0.4, -0.2) is 40.0 Å². The Labute approximate surface area is 158 Å². The number of nitrogens with zero attached hydrogens (tertiary/aromatic N) is 1. The lowest BCUT2D eigenvalue weighted by molar-refractivity contribution is 0.171. The lowest BCUT2D eigenvalue weighted by Crippen LogP contribution is -2.20. The summed E-state index contributed by atoms with van der Waals surface area (Å²) >= 11 is 0. The Kier molecular flexibility index (Phi) is 4.44. The second kappa shape index (κ2) is 6.78. The van der Waals surface area contributed by atoms with Crippen molar-refractivity contribution in [3.05, 3.63) is 45.6 Å². The highest BCUT2D eigenvalue weighted by molar-refractivity contribution is 5.82. The maximum Gasteiger partial charge on any atom is 0.231 e. The molecule has 27 heavy (non-hydrogen) atoms. The van der Waals surface area contributed by atoms with Crippen molar-refractivity contribution in [3.63, 3.8) is 0 Å². The third kappa shape index (κ3) is 2.80. The molecule has 4 rings (SSSR count). The van der Waals surface area contributed by atoms with E-state index in [1.54, 1.807) is 19.2 Å². The van der Waals surface area contributed by atoms with Crippen LogP contribution in [0.5, 0.6) is 23.0 Å². The van der Waals surface area contributed by atoms with Gasteiger partial charge in [0.15, 0.2) is 17.2 Å². The third-order valence-corrected chi connectivity index (χ3v) is 5.31. The number of rotatable bonds is 3. The van der Waals surface area contributed by atoms with E-state index in [4.69, 9.17) is 18.9 Å². The molecule has 0 aromatic heterocycles. The molecule has 0 fully saturated rings. The van der Waals surface area contributed by atoms with E-state index < -0.39 is 0 Å². The normalized spacial score (nSPS) is 17.1. The largest absolute Gasteiger partial charge is 0.493 e. The van der Waals surface area contributed by atoms with Crippen LogP contribution in [0.2, 0.25) is 0 Å². The molecule has 0 saturated heterocycles. The van der Waals surface area contributed by atoms with Gasteiger partial charge in [0.05, 0.1) is 14.2 Å². The minimum atomic E-state index is -0.131. The van der Waals surface area contributed by atoms with E-state index in [-0.39, 0.29) is 18.3 Å². The summed E-state index contributed by atoms with van der Waals surface area (Å²) in [6, 6.07) is 7.49. The van der Waals surface area contributed by atoms with Crippen LogP contribution >= 0.6 is 0 Å². The van der Waals surface area contributed by atoms with Gasteiger partial charge in [-0.25, -0.2) is 0 Å². The minimum absolute atomic E-state index is 0.0959. The van der Waals surface area contributed by atoms with Crippen LogP contribution in [0, 0.1) is 0 Å². The molecule has 142 valence electrons. The fourth-order valence-electron chi connectivity index (χ4n) is 4.03. The fourth-order valence-corrected chi connectivity index (χ4v) is 4.03. The number of methoxy groups -OCH3 is 2. The first kappa shape index (κ1) is 17.7. The van der Waals surface area contributed by atoms with E-state index in [1.807, 2.05) is 26.2 Å². The van der Waals surface area contributed by atoms with E-state index in [1.165, 1.54) is 7.11 Å². The Morgan fingerprint density at radius 1 is 1.11 bits per heavy atom. The van der Waals surface area contributed by atoms with E-state index in [0.29, 0.717) is 23.0 Å². The summed E-state index contributed by atoms with van der Waals surface area (Å²) in [6.45, 7) is 0.183. The summed E-state index contributed by atoms with van der Waals surface area (Å²) in [7, 11) is 7.21. The van der Waals surface area contributed by atoms with Gasteiger partial charge in [-0.2, -0.15) is 0 Å². The van der Waals surface area contributed by atoms with Crippen LogP contribution in [0.25, 0.3) is 11.1 Å². The maximum atomic E-state index is 12.6. The highest BCUT2D eigenvalue weighted by Crippen LogP contribution is 2.52. The topological polar surface area (TPSA) is 57.2 Å². The molecule has 1 atom stereocenters. The van der Waals surface area contributed by atoms with Crippen molar-refractivity contribution in [1.29, 1.82) is 0 Å². The predicted octanol–water partition coefficient (Wildman–Crippen LogP) is 3.01. The Bertz CT molecular complexity index is 954. The van der Waals surface area contributed by atoms with Gasteiger partial charge >= 0.3 is 0 Å². The van der Waals surface area contributed by atoms with Gasteiger partial charge in [0.2, 0.25) is 18.0 Å². The maximum absolute atomic E-state index is 12.6. The zero-order chi connectivity index (χ0) is 19.1. The molecule has 1 unspecified atom stereocenters. The van der Waals surface area contributed by atoms with Crippen molar-refractivity contribution in [3.8, 4) is 34.1 Å². The summed E-state index contributed by atoms with van der Waals surface area (Å²) in [5.74, 6) is 2.30. The number of aryl methyl sites for hydroxylation is 1. The quantitative estimate of drug-likeness (QED) is 0.829. The third-order valence-electron chi connectivity index (χ3n) is 5.31. The molecule has 0 saturated carbocycles. The van der Waals surface area contributed by atoms with Gasteiger partial charge in [0.1, 0.15) is 0 Å². The first-order valence-corrected chi connectivity index (χ1v) is 8.93. The van der Waals surface area contributed by atoms with Crippen molar-refractivity contribution < 1.29 is 18.9 Å². The van der Waals surface area contributed by atoms with E-state index in [9.17, 15) is 4.79 Å². The SMILES string of the molecule is COc1c2c(cc3c1-c1ccc(OC)c(=O)cc1C(N(C)C)CC3)OCO2. The summed E-state index contributed by atoms with van der Waals surface area (Å²) in [6.07, 6.45) is 1.72. The molecule has 0 bridgehead atoms. The molecule has 2 aromatic carbocycles. The lowest BCUT2D eigenvalue weighted by Gasteiger charge is -2.24. The standard InChI is InChI=1S/C21H23NO5/c1-22(2)15-7-5-12-9-18-20(27-11-26-18)21(25-4)19(12)13-6-8-17(24-3)16(23)10-14(13)15/h6,8-10,15H,5,7,11H2,1-4H3. The summed E-state index contributed by atoms with van der Waals surface area (Å²) in [5, 5.41) is 0. The molecule has 1 aliphatic heterocycles. The fraction of sp³-hybridized carbons (Fsp3) is 0.381. The van der Waals surface area contributed by atoms with Gasteiger partial charge in [0, 0.05) is 11.6 Å². The Hall–Kier alpha value is -2.73. The molecule has 6 nitrogen and oxygen atoms in total. The molecule has 1 heterocycles. The first-order valence-electron chi connectivity index (χ1n) is 8.93. The van der Waals surface area contributed by atoms with Gasteiger partial charge < -0.3 is 23.8 Å². The smallest absolute Gasteiger partial charge is 0.231 e. The first-order chi connectivity index (χ1) is 13.0. The zero-order valence-corrected chi connectivity index (χ0v) is 16.0. The number of fused-ring (bicyclic) bond motifs is 4. The Morgan fingerprint density at radius 3 is 2.63 bits per heavy atom. The monoisotopic (exact) mass is 369 g/mol. The van der Waals surface area contributed by atoms with Crippen molar-refractivity contribution in [2.24, 2.45) is 0 Å². The molecule has 2 aliphatic rings. The van der Waals surface area contributed by atoms with Gasteiger partial charge in [-0.3, -0.25) is 4.79 Å². The molecule has 0 radical (unpaired) electrons. The van der Waals surface area contributed by atoms with E-state index >= 15 is 0 Å². The number of hydrogen-bond acceptors (Lipinski definition) is 6. The molecular formula is C21H23NO5. The average Bonchev–Trinajstić information content (AvgIpc) is 2.98. The van der Waals surface area contributed by atoms with Crippen LogP contribution in [0.3, 0.4) is 0 Å². The van der Waals surface area contributed by atoms with Gasteiger partial charge in [-0.05, 0) is 61.8 Å². The molecule has 1 aliphatic carbocycles. The number of benzene rings is 1. The predicted molar refractivity (Wildman–Crippen MR) is 102 cm³/mol. The van der Waals surface area contributed by atoms with Crippen molar-refractivity contribution in [1.82, 2.24) is 4.90 Å². The van der Waals surface area contributed by atoms with Crippen molar-refractivity contribution >= 4 is 0 Å². The molecule has 0 N–H and O–H groups in total. The molecule has 6 heteroatoms. The molecule has 0 spiro atoms. The number of hydrogen-bond donors (Lipinski definition) is 0. The number of ether oxygens (including phenoxy) is 4. The molecule has 2 aromatic rings. The van der Waals surface area contributed by atoms with Crippen LogP contribution in [0.4, 0.5) is 0 Å². The van der Waals surface area contributed by atoms with Crippen LogP contribution in [0.15, 0.2) is 29.1 Å². The van der Waals surface area contributed by atoms with Crippen molar-refractivity contribution in [2.45, 2.75) is 18.9 Å². The second-order valence-electron chi connectivity index (χ2n) is 6.98. The van der Waals surface area contributed by atoms with Gasteiger partial charge in [-0.15, -0.1) is 0 Å². The van der Waals surface area contributed by atoms with E-state index in [0.717, 1.165) is 35.1 Å². The minimum Gasteiger partial charge on any atom is -0.493 e. The van der Waals surface area contributed by atoms with Crippen LogP contribution < -0.4 is 24.4 Å². The second-order valence-corrected chi connectivity index (χ2v) is 6.98. The van der Waals surface area contributed by atoms with Crippen LogP contribution in [0.1, 0.15) is 23.6 Å². The van der Waals surface area contributed by atoms with Crippen molar-refractivity contribution in [2.75, 3.05) is 35.1 Å². The molecule has 0 amide bonds. The molecular weight excluding hydrogens is 346 g/mol. The Balaban J connectivity index is 2.08.